The summed E-state index contributed by atoms with van der Waals surface area (Å²) in [7, 11) is 1.53. The van der Waals surface area contributed by atoms with Crippen LogP contribution in [0.2, 0.25) is 0 Å². The third-order valence-corrected chi connectivity index (χ3v) is 7.23. The van der Waals surface area contributed by atoms with Gasteiger partial charge in [0.15, 0.2) is 5.13 Å². The molecular weight excluding hydrogens is 508 g/mol. The first-order chi connectivity index (χ1) is 18.2. The van der Waals surface area contributed by atoms with Crippen LogP contribution in [0.3, 0.4) is 0 Å². The number of rotatable bonds is 8. The van der Waals surface area contributed by atoms with Gasteiger partial charge in [0.25, 0.3) is 5.78 Å². The van der Waals surface area contributed by atoms with E-state index in [0.29, 0.717) is 40.5 Å². The zero-order valence-corrected chi connectivity index (χ0v) is 22.5. The van der Waals surface area contributed by atoms with E-state index in [2.05, 4.69) is 4.98 Å². The summed E-state index contributed by atoms with van der Waals surface area (Å²) in [6, 6.07) is 10.9. The highest BCUT2D eigenvalue weighted by Crippen LogP contribution is 2.44. The number of methoxy groups -OCH3 is 1. The van der Waals surface area contributed by atoms with Crippen molar-refractivity contribution in [1.29, 1.82) is 0 Å². The number of aromatic nitrogens is 1. The van der Waals surface area contributed by atoms with Crippen molar-refractivity contribution in [2.24, 2.45) is 0 Å². The topological polar surface area (TPSA) is 115 Å². The van der Waals surface area contributed by atoms with E-state index < -0.39 is 23.7 Å². The van der Waals surface area contributed by atoms with Gasteiger partial charge in [0.2, 0.25) is 0 Å². The van der Waals surface area contributed by atoms with Crippen LogP contribution in [0.5, 0.6) is 11.5 Å². The van der Waals surface area contributed by atoms with Gasteiger partial charge in [0, 0.05) is 5.56 Å². The third kappa shape index (κ3) is 4.87. The number of benzene rings is 2. The first kappa shape index (κ1) is 26.9. The Balaban J connectivity index is 1.90. The molecule has 1 aliphatic rings. The van der Waals surface area contributed by atoms with Gasteiger partial charge in [-0.2, -0.15) is 0 Å². The second-order valence-electron chi connectivity index (χ2n) is 8.48. The number of amides is 1. The summed E-state index contributed by atoms with van der Waals surface area (Å²) in [6.07, 6.45) is 0. The number of hydrogen-bond acceptors (Lipinski definition) is 9. The van der Waals surface area contributed by atoms with E-state index >= 15 is 0 Å². The first-order valence-electron chi connectivity index (χ1n) is 12.0. The molecule has 2 aromatic carbocycles. The molecular formula is C28H28N2O7S. The highest BCUT2D eigenvalue weighted by molar-refractivity contribution is 7.17. The predicted molar refractivity (Wildman–Crippen MR) is 143 cm³/mol. The molecule has 3 aromatic rings. The number of anilines is 1. The zero-order valence-electron chi connectivity index (χ0n) is 21.7. The van der Waals surface area contributed by atoms with Crippen LogP contribution in [0.4, 0.5) is 5.13 Å². The minimum absolute atomic E-state index is 0.0852. The average molecular weight is 537 g/mol. The van der Waals surface area contributed by atoms with E-state index in [-0.39, 0.29) is 27.9 Å². The Kier molecular flexibility index (Phi) is 7.82. The van der Waals surface area contributed by atoms with E-state index in [4.69, 9.17) is 14.2 Å². The third-order valence-electron chi connectivity index (χ3n) is 6.09. The van der Waals surface area contributed by atoms with Crippen molar-refractivity contribution >= 4 is 39.9 Å². The van der Waals surface area contributed by atoms with E-state index in [9.17, 15) is 19.5 Å². The number of ketones is 1. The molecule has 0 bridgehead atoms. The summed E-state index contributed by atoms with van der Waals surface area (Å²) in [6.45, 7) is 7.64. The van der Waals surface area contributed by atoms with Gasteiger partial charge in [0.1, 0.15) is 22.1 Å². The highest BCUT2D eigenvalue weighted by atomic mass is 32.1. The molecule has 4 rings (SSSR count). The molecule has 1 saturated heterocycles. The van der Waals surface area contributed by atoms with Crippen LogP contribution in [0, 0.1) is 13.8 Å². The van der Waals surface area contributed by atoms with E-state index in [0.717, 1.165) is 11.3 Å². The fraction of sp³-hybridized carbons (Fsp3) is 0.286. The maximum Gasteiger partial charge on any atom is 0.350 e. The first-order valence-corrected chi connectivity index (χ1v) is 12.9. The molecule has 38 heavy (non-hydrogen) atoms. The van der Waals surface area contributed by atoms with Gasteiger partial charge in [0.05, 0.1) is 37.6 Å². The minimum atomic E-state index is -0.993. The van der Waals surface area contributed by atoms with E-state index in [1.165, 1.54) is 12.0 Å². The SMILES string of the molecule is CCOC(=O)c1sc(N2C(=O)C(=O)/C(=C(/O)c3ccc(OCC)cc3C)C2c2ccc(OC)cc2)nc1C. The lowest BCUT2D eigenvalue weighted by Gasteiger charge is -2.23. The predicted octanol–water partition coefficient (Wildman–Crippen LogP) is 4.97. The lowest BCUT2D eigenvalue weighted by atomic mass is 9.94. The van der Waals surface area contributed by atoms with Gasteiger partial charge in [-0.25, -0.2) is 9.78 Å². The molecule has 1 N–H and O–H groups in total. The minimum Gasteiger partial charge on any atom is -0.507 e. The number of carbonyl (C=O) groups is 3. The number of ether oxygens (including phenoxy) is 3. The van der Waals surface area contributed by atoms with Crippen molar-refractivity contribution in [1.82, 2.24) is 4.98 Å². The zero-order chi connectivity index (χ0) is 27.6. The van der Waals surface area contributed by atoms with Crippen LogP contribution < -0.4 is 14.4 Å². The summed E-state index contributed by atoms with van der Waals surface area (Å²) in [5, 5.41) is 11.6. The summed E-state index contributed by atoms with van der Waals surface area (Å²) in [4.78, 5) is 45.2. The average Bonchev–Trinajstić information content (AvgIpc) is 3.41. The largest absolute Gasteiger partial charge is 0.507 e. The number of esters is 1. The molecule has 1 fully saturated rings. The van der Waals surface area contributed by atoms with Crippen molar-refractivity contribution < 1.29 is 33.7 Å². The number of thiazole rings is 1. The second kappa shape index (κ2) is 11.1. The lowest BCUT2D eigenvalue weighted by Crippen LogP contribution is -2.29. The molecule has 1 aliphatic heterocycles. The summed E-state index contributed by atoms with van der Waals surface area (Å²) >= 11 is 0.959. The number of aryl methyl sites for hydroxylation is 2. The quantitative estimate of drug-likeness (QED) is 0.186. The molecule has 0 saturated carbocycles. The second-order valence-corrected chi connectivity index (χ2v) is 9.46. The Morgan fingerprint density at radius 2 is 1.74 bits per heavy atom. The number of Topliss-reactive ketones (excluding diaryl/α,β-unsaturated/α-hetero) is 1. The molecule has 1 aromatic heterocycles. The Hall–Kier alpha value is -4.18. The van der Waals surface area contributed by atoms with Crippen molar-refractivity contribution in [3.63, 3.8) is 0 Å². The smallest absolute Gasteiger partial charge is 0.350 e. The van der Waals surface area contributed by atoms with Gasteiger partial charge >= 0.3 is 11.9 Å². The van der Waals surface area contributed by atoms with Crippen LogP contribution in [-0.2, 0) is 14.3 Å². The van der Waals surface area contributed by atoms with Crippen molar-refractivity contribution in [2.75, 3.05) is 25.2 Å². The molecule has 1 unspecified atom stereocenters. The van der Waals surface area contributed by atoms with Crippen LogP contribution in [0.1, 0.15) is 51.9 Å². The Labute approximate surface area is 224 Å². The van der Waals surface area contributed by atoms with Crippen LogP contribution in [-0.4, -0.2) is 48.1 Å². The summed E-state index contributed by atoms with van der Waals surface area (Å²) < 4.78 is 15.9. The van der Waals surface area contributed by atoms with Crippen molar-refractivity contribution in [2.45, 2.75) is 33.7 Å². The summed E-state index contributed by atoms with van der Waals surface area (Å²) in [5.41, 5.74) is 1.91. The van der Waals surface area contributed by atoms with Crippen molar-refractivity contribution in [3.05, 3.63) is 75.3 Å². The molecule has 10 heteroatoms. The highest BCUT2D eigenvalue weighted by Gasteiger charge is 2.48. The molecule has 198 valence electrons. The standard InChI is InChI=1S/C28H28N2O7S/c1-6-36-19-12-13-20(15(3)14-19)23(31)21-22(17-8-10-18(35-5)11-9-17)30(26(33)24(21)32)28-29-16(4)25(38-28)27(34)37-7-2/h8-14,22,31H,6-7H2,1-5H3/b23-21+. The summed E-state index contributed by atoms with van der Waals surface area (Å²) in [5.74, 6) is -1.38. The number of nitrogens with zero attached hydrogens (tertiary/aromatic N) is 2. The van der Waals surface area contributed by atoms with Gasteiger partial charge < -0.3 is 19.3 Å². The van der Waals surface area contributed by atoms with Crippen LogP contribution >= 0.6 is 11.3 Å². The lowest BCUT2D eigenvalue weighted by molar-refractivity contribution is -0.132. The fourth-order valence-electron chi connectivity index (χ4n) is 4.31. The number of aliphatic hydroxyl groups is 1. The molecule has 0 aliphatic carbocycles. The van der Waals surface area contributed by atoms with Gasteiger partial charge in [-0.3, -0.25) is 14.5 Å². The van der Waals surface area contributed by atoms with Gasteiger partial charge in [-0.15, -0.1) is 0 Å². The maximum absolute atomic E-state index is 13.4. The fourth-order valence-corrected chi connectivity index (χ4v) is 5.29. The monoisotopic (exact) mass is 536 g/mol. The normalized spacial score (nSPS) is 16.6. The van der Waals surface area contributed by atoms with Crippen LogP contribution in [0.25, 0.3) is 5.76 Å². The maximum atomic E-state index is 13.4. The number of hydrogen-bond donors (Lipinski definition) is 1. The molecule has 1 atom stereocenters. The molecule has 1 amide bonds. The molecule has 2 heterocycles. The Morgan fingerprint density at radius 1 is 1.05 bits per heavy atom. The number of carbonyl (C=O) groups excluding carboxylic acids is 3. The van der Waals surface area contributed by atoms with Crippen LogP contribution in [0.15, 0.2) is 48.0 Å². The van der Waals surface area contributed by atoms with Crippen molar-refractivity contribution in [3.8, 4) is 11.5 Å². The molecule has 0 radical (unpaired) electrons. The van der Waals surface area contributed by atoms with Gasteiger partial charge in [-0.05, 0) is 69.2 Å². The molecule has 0 spiro atoms. The molecule has 9 nitrogen and oxygen atoms in total. The van der Waals surface area contributed by atoms with E-state index in [1.807, 2.05) is 6.92 Å². The Morgan fingerprint density at radius 3 is 2.34 bits per heavy atom. The van der Waals surface area contributed by atoms with E-state index in [1.54, 1.807) is 63.2 Å². The number of aliphatic hydroxyl groups excluding tert-OH is 1. The van der Waals surface area contributed by atoms with Gasteiger partial charge in [-0.1, -0.05) is 23.5 Å². The Bertz CT molecular complexity index is 1430.